The summed E-state index contributed by atoms with van der Waals surface area (Å²) in [4.78, 5) is 46.3. The molecule has 2 saturated heterocycles. The van der Waals surface area contributed by atoms with Crippen LogP contribution in [0.15, 0.2) is 55.1 Å². The topological polar surface area (TPSA) is 113 Å². The molecule has 1 aromatic carbocycles. The molecule has 0 radical (unpaired) electrons. The average Bonchev–Trinajstić information content (AvgIpc) is 4.01. The van der Waals surface area contributed by atoms with Crippen LogP contribution in [0.1, 0.15) is 96.7 Å². The number of aromatic nitrogens is 6. The van der Waals surface area contributed by atoms with Gasteiger partial charge in [-0.25, -0.2) is 19.9 Å². The highest BCUT2D eigenvalue weighted by Crippen LogP contribution is 2.41. The normalized spacial score (nSPS) is 18.9. The molecule has 2 aliphatic rings. The predicted molar refractivity (Wildman–Crippen MR) is 204 cm³/mol. The molecular weight excluding hydrogens is 694 g/mol. The molecule has 5 heterocycles. The first-order chi connectivity index (χ1) is 25.9. The highest BCUT2D eigenvalue weighted by molar-refractivity contribution is 5.82. The van der Waals surface area contributed by atoms with Gasteiger partial charge in [-0.2, -0.15) is 13.2 Å². The molecule has 2 fully saturated rings. The maximum absolute atomic E-state index is 14.4. The Morgan fingerprint density at radius 2 is 1.35 bits per heavy atom. The summed E-state index contributed by atoms with van der Waals surface area (Å²) in [5.41, 5.74) is 2.41. The van der Waals surface area contributed by atoms with Crippen molar-refractivity contribution in [1.82, 2.24) is 49.5 Å². The van der Waals surface area contributed by atoms with Crippen molar-refractivity contribution in [2.24, 2.45) is 0 Å². The van der Waals surface area contributed by atoms with Crippen molar-refractivity contribution in [1.29, 1.82) is 0 Å². The van der Waals surface area contributed by atoms with Crippen LogP contribution < -0.4 is 0 Å². The molecule has 14 heteroatoms. The van der Waals surface area contributed by atoms with E-state index >= 15 is 0 Å². The summed E-state index contributed by atoms with van der Waals surface area (Å²) in [5, 5.41) is 0. The summed E-state index contributed by atoms with van der Waals surface area (Å²) in [7, 11) is 0. The molecule has 290 valence electrons. The van der Waals surface area contributed by atoms with Crippen molar-refractivity contribution >= 4 is 5.91 Å². The second kappa shape index (κ2) is 16.4. The van der Waals surface area contributed by atoms with Gasteiger partial charge in [-0.05, 0) is 65.7 Å². The van der Waals surface area contributed by atoms with Gasteiger partial charge < -0.3 is 19.8 Å². The van der Waals surface area contributed by atoms with Crippen LogP contribution in [0.5, 0.6) is 0 Å². The molecule has 2 unspecified atom stereocenters. The van der Waals surface area contributed by atoms with Crippen LogP contribution in [0.2, 0.25) is 0 Å². The number of nitrogens with one attached hydrogen (secondary N) is 2. The van der Waals surface area contributed by atoms with Crippen molar-refractivity contribution in [3.63, 3.8) is 0 Å². The van der Waals surface area contributed by atoms with Gasteiger partial charge in [0.05, 0.1) is 35.7 Å². The summed E-state index contributed by atoms with van der Waals surface area (Å²) in [6.45, 7) is 21.5. The molecule has 11 nitrogen and oxygen atoms in total. The van der Waals surface area contributed by atoms with E-state index in [1.54, 1.807) is 42.9 Å². The number of halogens is 3. The summed E-state index contributed by atoms with van der Waals surface area (Å²) in [5.74, 6) is 1.59. The monoisotopic (exact) mass is 746 g/mol. The van der Waals surface area contributed by atoms with Crippen molar-refractivity contribution in [3.05, 3.63) is 72.5 Å². The fourth-order valence-corrected chi connectivity index (χ4v) is 8.12. The van der Waals surface area contributed by atoms with Gasteiger partial charge in [-0.3, -0.25) is 14.6 Å². The Bertz CT molecular complexity index is 1880. The van der Waals surface area contributed by atoms with Crippen molar-refractivity contribution in [2.45, 2.75) is 97.6 Å². The van der Waals surface area contributed by atoms with E-state index in [0.29, 0.717) is 35.7 Å². The van der Waals surface area contributed by atoms with Crippen LogP contribution in [0.25, 0.3) is 33.9 Å². The Balaban J connectivity index is 1.18. The molecule has 54 heavy (non-hydrogen) atoms. The lowest BCUT2D eigenvalue weighted by Gasteiger charge is -2.36. The first-order valence-corrected chi connectivity index (χ1v) is 19.3. The second-order valence-corrected chi connectivity index (χ2v) is 14.2. The second-order valence-electron chi connectivity index (χ2n) is 14.2. The first kappa shape index (κ1) is 39.1. The highest BCUT2D eigenvalue weighted by Gasteiger charge is 2.41. The third-order valence-electron chi connectivity index (χ3n) is 11.3. The average molecular weight is 747 g/mol. The van der Waals surface area contributed by atoms with E-state index in [9.17, 15) is 18.0 Å². The van der Waals surface area contributed by atoms with Gasteiger partial charge in [-0.15, -0.1) is 0 Å². The zero-order valence-corrected chi connectivity index (χ0v) is 32.2. The lowest BCUT2D eigenvalue weighted by atomic mass is 10.1. The maximum Gasteiger partial charge on any atom is 0.435 e. The minimum Gasteiger partial charge on any atom is -0.364 e. The maximum atomic E-state index is 14.4. The number of hydrogen-bond donors (Lipinski definition) is 2. The Hall–Kier alpha value is -4.56. The largest absolute Gasteiger partial charge is 0.435 e. The first-order valence-electron chi connectivity index (χ1n) is 19.3. The SMILES string of the molecule is C=C(C(C)N(CC)CC)N1CCC[C@H]1c1nc(C(F)(F)F)c(-c2ccc(-c3ncc(-c4cnc(C5CCCN5C(=O)[C@@H](C)N(CC)CC)[nH]4)cn3)cc2)[nH]1. The minimum atomic E-state index is -4.64. The lowest BCUT2D eigenvalue weighted by molar-refractivity contribution is -0.140. The van der Waals surface area contributed by atoms with E-state index in [1.165, 1.54) is 0 Å². The van der Waals surface area contributed by atoms with Gasteiger partial charge in [-0.1, -0.05) is 58.5 Å². The molecule has 0 aliphatic carbocycles. The molecule has 4 aromatic rings. The van der Waals surface area contributed by atoms with E-state index in [-0.39, 0.29) is 35.8 Å². The van der Waals surface area contributed by atoms with Crippen LogP contribution >= 0.6 is 0 Å². The molecular formula is C40H53F3N10O. The van der Waals surface area contributed by atoms with Crippen molar-refractivity contribution in [2.75, 3.05) is 39.3 Å². The number of likely N-dealkylation sites (tertiary alicyclic amines) is 2. The summed E-state index contributed by atoms with van der Waals surface area (Å²) in [6.07, 6.45) is 3.77. The van der Waals surface area contributed by atoms with Crippen LogP contribution in [-0.4, -0.2) is 107 Å². The summed E-state index contributed by atoms with van der Waals surface area (Å²) in [6, 6.07) is 6.15. The number of amides is 1. The van der Waals surface area contributed by atoms with Crippen LogP contribution in [0.4, 0.5) is 13.2 Å². The van der Waals surface area contributed by atoms with E-state index in [1.807, 2.05) is 11.8 Å². The number of carbonyl (C=O) groups is 1. The highest BCUT2D eigenvalue weighted by atomic mass is 19.4. The van der Waals surface area contributed by atoms with Crippen molar-refractivity contribution < 1.29 is 18.0 Å². The fraction of sp³-hybridized carbons (Fsp3) is 0.525. The Kier molecular flexibility index (Phi) is 11.9. The van der Waals surface area contributed by atoms with E-state index in [4.69, 9.17) is 0 Å². The standard InChI is InChI=1S/C40H53F3N10O/c1-8-50(9-2)25(5)26(6)52-20-12-15-33(52)38-48-34(35(49-38)40(41,42)43)28-16-18-29(19-17-28)36-44-22-30(23-45-36)31-24-46-37(47-31)32-14-13-21-53(32)39(54)27(7)51(10-3)11-4/h16-19,22-25,27,32-33H,6,8-15,20-21H2,1-5,7H3,(H,46,47)(H,48,49)/t25?,27-,32?,33+/m1/s1. The van der Waals surface area contributed by atoms with E-state index in [0.717, 1.165) is 74.8 Å². The Morgan fingerprint density at radius 1 is 0.796 bits per heavy atom. The van der Waals surface area contributed by atoms with Gasteiger partial charge >= 0.3 is 6.18 Å². The number of nitrogens with zero attached hydrogens (tertiary/aromatic N) is 8. The minimum absolute atomic E-state index is 0.0596. The molecule has 4 atom stereocenters. The van der Waals surface area contributed by atoms with Crippen LogP contribution in [0, 0.1) is 0 Å². The number of alkyl halides is 3. The quantitative estimate of drug-likeness (QED) is 0.135. The number of rotatable bonds is 14. The molecule has 3 aromatic heterocycles. The van der Waals surface area contributed by atoms with Gasteiger partial charge in [0.1, 0.15) is 11.6 Å². The van der Waals surface area contributed by atoms with E-state index < -0.39 is 11.9 Å². The smallest absolute Gasteiger partial charge is 0.364 e. The molecule has 0 saturated carbocycles. The number of carbonyl (C=O) groups excluding carboxylic acids is 1. The Morgan fingerprint density at radius 3 is 1.94 bits per heavy atom. The third-order valence-corrected chi connectivity index (χ3v) is 11.3. The third kappa shape index (κ3) is 7.81. The molecule has 1 amide bonds. The van der Waals surface area contributed by atoms with Gasteiger partial charge in [0.2, 0.25) is 5.91 Å². The number of likely N-dealkylation sites (N-methyl/N-ethyl adjacent to an activating group) is 2. The van der Waals surface area contributed by atoms with Gasteiger partial charge in [0.15, 0.2) is 11.5 Å². The zero-order chi connectivity index (χ0) is 38.7. The molecule has 0 spiro atoms. The van der Waals surface area contributed by atoms with Crippen LogP contribution in [0.3, 0.4) is 0 Å². The molecule has 2 aliphatic heterocycles. The fourth-order valence-electron chi connectivity index (χ4n) is 8.12. The number of H-pyrrole nitrogens is 2. The number of imidazole rings is 2. The summed E-state index contributed by atoms with van der Waals surface area (Å²) >= 11 is 0. The lowest BCUT2D eigenvalue weighted by Crippen LogP contribution is -2.46. The van der Waals surface area contributed by atoms with Crippen LogP contribution in [-0.2, 0) is 11.0 Å². The zero-order valence-electron chi connectivity index (χ0n) is 32.2. The number of hydrogen-bond acceptors (Lipinski definition) is 8. The number of benzene rings is 1. The van der Waals surface area contributed by atoms with Gasteiger partial charge in [0.25, 0.3) is 0 Å². The van der Waals surface area contributed by atoms with Gasteiger partial charge in [0, 0.05) is 53.9 Å². The molecule has 0 bridgehead atoms. The molecule has 2 N–H and O–H groups in total. The van der Waals surface area contributed by atoms with Crippen molar-refractivity contribution in [3.8, 4) is 33.9 Å². The predicted octanol–water partition coefficient (Wildman–Crippen LogP) is 7.72. The number of aromatic amines is 2. The van der Waals surface area contributed by atoms with E-state index in [2.05, 4.69) is 85.8 Å². The summed E-state index contributed by atoms with van der Waals surface area (Å²) < 4.78 is 43.2. The Labute approximate surface area is 316 Å². The molecule has 6 rings (SSSR count).